The molecule has 1 N–H and O–H groups in total. The molecule has 26 heavy (non-hydrogen) atoms. The number of halogens is 3. The lowest BCUT2D eigenvalue weighted by atomic mass is 10.1. The average molecular weight is 533 g/mol. The molecular weight excluding hydrogens is 520 g/mol. The minimum atomic E-state index is 0.814. The number of imidazole rings is 1. The third-order valence-corrected chi connectivity index (χ3v) is 5.77. The number of rotatable bonds is 3. The second kappa shape index (κ2) is 7.51. The first-order valence-corrected chi connectivity index (χ1v) is 10.4. The molecule has 0 bridgehead atoms. The second-order valence-corrected chi connectivity index (χ2v) is 8.41. The summed E-state index contributed by atoms with van der Waals surface area (Å²) in [6.07, 6.45) is 0. The van der Waals surface area contributed by atoms with Crippen LogP contribution in [-0.4, -0.2) is 9.97 Å². The molecule has 1 heterocycles. The maximum Gasteiger partial charge on any atom is 0.140 e. The van der Waals surface area contributed by atoms with Crippen molar-refractivity contribution in [3.63, 3.8) is 0 Å². The quantitative estimate of drug-likeness (QED) is 0.288. The largest absolute Gasteiger partial charge is 0.337 e. The number of nitrogens with one attached hydrogen (secondary N) is 1. The predicted octanol–water partition coefficient (Wildman–Crippen LogP) is 7.70. The van der Waals surface area contributed by atoms with E-state index in [1.165, 1.54) is 0 Å². The highest BCUT2D eigenvalue weighted by Crippen LogP contribution is 2.39. The molecule has 2 nitrogen and oxygen atoms in total. The van der Waals surface area contributed by atoms with Crippen molar-refractivity contribution in [2.75, 3.05) is 0 Å². The van der Waals surface area contributed by atoms with Crippen molar-refractivity contribution in [2.24, 2.45) is 0 Å². The zero-order valence-electron chi connectivity index (χ0n) is 13.5. The van der Waals surface area contributed by atoms with Crippen LogP contribution >= 0.6 is 47.8 Å². The van der Waals surface area contributed by atoms with Crippen LogP contribution in [0.25, 0.3) is 33.9 Å². The van der Waals surface area contributed by atoms with E-state index in [-0.39, 0.29) is 0 Å². The van der Waals surface area contributed by atoms with Gasteiger partial charge >= 0.3 is 0 Å². The van der Waals surface area contributed by atoms with Crippen LogP contribution in [0.4, 0.5) is 0 Å². The first-order valence-electron chi connectivity index (χ1n) is 7.99. The lowest BCUT2D eigenvalue weighted by Crippen LogP contribution is -1.86. The highest BCUT2D eigenvalue weighted by Gasteiger charge is 2.18. The average Bonchev–Trinajstić information content (AvgIpc) is 3.07. The molecule has 0 saturated carbocycles. The Morgan fingerprint density at radius 2 is 1.23 bits per heavy atom. The van der Waals surface area contributed by atoms with Crippen molar-refractivity contribution in [2.45, 2.75) is 0 Å². The number of aromatic nitrogens is 2. The SMILES string of the molecule is Brc1cc(Br)c(-c2nc(-c3ccccc3)c(-c3ccccc3)[nH]2)c(Br)c1. The fourth-order valence-electron chi connectivity index (χ4n) is 2.88. The summed E-state index contributed by atoms with van der Waals surface area (Å²) in [7, 11) is 0. The summed E-state index contributed by atoms with van der Waals surface area (Å²) in [6.45, 7) is 0. The van der Waals surface area contributed by atoms with E-state index in [9.17, 15) is 0 Å². The van der Waals surface area contributed by atoms with E-state index < -0.39 is 0 Å². The van der Waals surface area contributed by atoms with Gasteiger partial charge in [-0.3, -0.25) is 0 Å². The Labute approximate surface area is 177 Å². The number of hydrogen-bond acceptors (Lipinski definition) is 1. The number of aromatic amines is 1. The lowest BCUT2D eigenvalue weighted by Gasteiger charge is -2.05. The van der Waals surface area contributed by atoms with Crippen molar-refractivity contribution < 1.29 is 0 Å². The number of H-pyrrole nitrogens is 1. The molecule has 3 aromatic carbocycles. The first-order chi connectivity index (χ1) is 12.6. The molecule has 0 saturated heterocycles. The van der Waals surface area contributed by atoms with Gasteiger partial charge in [-0.25, -0.2) is 4.98 Å². The molecule has 0 atom stereocenters. The van der Waals surface area contributed by atoms with Gasteiger partial charge in [0.15, 0.2) is 0 Å². The standard InChI is InChI=1S/C21H13Br3N2/c22-15-11-16(23)18(17(24)12-15)21-25-19(13-7-3-1-4-8-13)20(26-21)14-9-5-2-6-10-14/h1-12H,(H,25,26). The number of benzene rings is 3. The fraction of sp³-hybridized carbons (Fsp3) is 0. The van der Waals surface area contributed by atoms with Crippen LogP contribution in [0.2, 0.25) is 0 Å². The van der Waals surface area contributed by atoms with Gasteiger partial charge in [0.2, 0.25) is 0 Å². The van der Waals surface area contributed by atoms with Crippen molar-refractivity contribution in [1.29, 1.82) is 0 Å². The van der Waals surface area contributed by atoms with Gasteiger partial charge in [0.1, 0.15) is 5.82 Å². The summed E-state index contributed by atoms with van der Waals surface area (Å²) in [5, 5.41) is 0. The Morgan fingerprint density at radius 1 is 0.692 bits per heavy atom. The van der Waals surface area contributed by atoms with Crippen molar-refractivity contribution >= 4 is 47.8 Å². The molecule has 4 aromatic rings. The van der Waals surface area contributed by atoms with Crippen LogP contribution in [0, 0.1) is 0 Å². The summed E-state index contributed by atoms with van der Waals surface area (Å²) in [5.41, 5.74) is 5.13. The van der Waals surface area contributed by atoms with Gasteiger partial charge in [0, 0.05) is 30.1 Å². The van der Waals surface area contributed by atoms with Gasteiger partial charge in [-0.15, -0.1) is 0 Å². The fourth-order valence-corrected chi connectivity index (χ4v) is 5.51. The van der Waals surface area contributed by atoms with E-state index in [1.54, 1.807) is 0 Å². The highest BCUT2D eigenvalue weighted by molar-refractivity contribution is 9.11. The molecule has 0 aliphatic heterocycles. The number of hydrogen-bond donors (Lipinski definition) is 1. The summed E-state index contributed by atoms with van der Waals surface area (Å²) < 4.78 is 2.93. The molecule has 4 rings (SSSR count). The van der Waals surface area contributed by atoms with E-state index in [0.717, 1.165) is 47.3 Å². The third-order valence-electron chi connectivity index (χ3n) is 4.06. The van der Waals surface area contributed by atoms with Crippen LogP contribution in [0.3, 0.4) is 0 Å². The minimum absolute atomic E-state index is 0.814. The molecule has 5 heteroatoms. The highest BCUT2D eigenvalue weighted by atomic mass is 79.9. The van der Waals surface area contributed by atoms with Gasteiger partial charge in [0.25, 0.3) is 0 Å². The van der Waals surface area contributed by atoms with E-state index in [0.29, 0.717) is 0 Å². The van der Waals surface area contributed by atoms with Gasteiger partial charge in [0.05, 0.1) is 11.4 Å². The van der Waals surface area contributed by atoms with E-state index >= 15 is 0 Å². The van der Waals surface area contributed by atoms with E-state index in [1.807, 2.05) is 48.5 Å². The van der Waals surface area contributed by atoms with Crippen LogP contribution in [0.1, 0.15) is 0 Å². The number of nitrogens with zero attached hydrogens (tertiary/aromatic N) is 1. The Morgan fingerprint density at radius 3 is 1.81 bits per heavy atom. The zero-order valence-corrected chi connectivity index (χ0v) is 18.3. The van der Waals surface area contributed by atoms with Crippen LogP contribution in [0.15, 0.2) is 86.2 Å². The Hall–Kier alpha value is -1.69. The second-order valence-electron chi connectivity index (χ2n) is 5.79. The van der Waals surface area contributed by atoms with E-state index in [4.69, 9.17) is 4.98 Å². The van der Waals surface area contributed by atoms with Gasteiger partial charge < -0.3 is 4.98 Å². The van der Waals surface area contributed by atoms with Gasteiger partial charge in [-0.1, -0.05) is 76.6 Å². The summed E-state index contributed by atoms with van der Waals surface area (Å²) in [6, 6.07) is 24.6. The lowest BCUT2D eigenvalue weighted by molar-refractivity contribution is 1.29. The third kappa shape index (κ3) is 3.43. The van der Waals surface area contributed by atoms with Crippen LogP contribution in [0.5, 0.6) is 0 Å². The summed E-state index contributed by atoms with van der Waals surface area (Å²) in [4.78, 5) is 8.48. The molecule has 128 valence electrons. The van der Waals surface area contributed by atoms with Crippen LogP contribution in [-0.2, 0) is 0 Å². The maximum absolute atomic E-state index is 4.95. The molecule has 0 amide bonds. The summed E-state index contributed by atoms with van der Waals surface area (Å²) >= 11 is 10.8. The molecule has 0 aliphatic rings. The molecule has 0 radical (unpaired) electrons. The molecule has 0 fully saturated rings. The van der Waals surface area contributed by atoms with E-state index in [2.05, 4.69) is 77.0 Å². The first kappa shape index (κ1) is 17.7. The maximum atomic E-state index is 4.95. The van der Waals surface area contributed by atoms with Gasteiger partial charge in [-0.05, 0) is 44.0 Å². The molecule has 0 unspecified atom stereocenters. The normalized spacial score (nSPS) is 10.9. The topological polar surface area (TPSA) is 28.7 Å². The van der Waals surface area contributed by atoms with Crippen LogP contribution < -0.4 is 0 Å². The Bertz CT molecular complexity index is 977. The minimum Gasteiger partial charge on any atom is -0.337 e. The zero-order chi connectivity index (χ0) is 18.1. The molecular formula is C21H13Br3N2. The molecule has 1 aromatic heterocycles. The van der Waals surface area contributed by atoms with Crippen molar-refractivity contribution in [1.82, 2.24) is 9.97 Å². The van der Waals surface area contributed by atoms with Crippen molar-refractivity contribution in [3.05, 3.63) is 86.2 Å². The van der Waals surface area contributed by atoms with Gasteiger partial charge in [-0.2, -0.15) is 0 Å². The molecule has 0 spiro atoms. The smallest absolute Gasteiger partial charge is 0.140 e. The predicted molar refractivity (Wildman–Crippen MR) is 118 cm³/mol. The Kier molecular flexibility index (Phi) is 5.11. The molecule has 0 aliphatic carbocycles. The summed E-state index contributed by atoms with van der Waals surface area (Å²) in [5.74, 6) is 0.814. The monoisotopic (exact) mass is 530 g/mol. The van der Waals surface area contributed by atoms with Crippen molar-refractivity contribution in [3.8, 4) is 33.9 Å². The Balaban J connectivity index is 1.96.